The van der Waals surface area contributed by atoms with Gasteiger partial charge in [0.1, 0.15) is 0 Å². The number of aromatic nitrogens is 2. The average Bonchev–Trinajstić information content (AvgIpc) is 3.22. The van der Waals surface area contributed by atoms with Crippen molar-refractivity contribution in [3.63, 3.8) is 0 Å². The van der Waals surface area contributed by atoms with Crippen LogP contribution in [0.1, 0.15) is 29.3 Å². The molecule has 1 aliphatic rings. The van der Waals surface area contributed by atoms with Gasteiger partial charge in [-0.05, 0) is 43.7 Å². The van der Waals surface area contributed by atoms with Crippen LogP contribution in [0.3, 0.4) is 0 Å². The van der Waals surface area contributed by atoms with Crippen LogP contribution in [-0.2, 0) is 4.79 Å². The van der Waals surface area contributed by atoms with Gasteiger partial charge in [0.15, 0.2) is 5.82 Å². The summed E-state index contributed by atoms with van der Waals surface area (Å²) in [6.45, 7) is 4.64. The summed E-state index contributed by atoms with van der Waals surface area (Å²) < 4.78 is 5.41. The van der Waals surface area contributed by atoms with Gasteiger partial charge in [-0.2, -0.15) is 4.98 Å². The first-order valence-electron chi connectivity index (χ1n) is 8.38. The lowest BCUT2D eigenvalue weighted by molar-refractivity contribution is -0.117. The first-order valence-corrected chi connectivity index (χ1v) is 8.38. The molecule has 5 nitrogen and oxygen atoms in total. The van der Waals surface area contributed by atoms with Crippen molar-refractivity contribution in [2.75, 3.05) is 11.4 Å². The molecule has 0 radical (unpaired) electrons. The molecule has 1 amide bonds. The fourth-order valence-electron chi connectivity index (χ4n) is 3.14. The van der Waals surface area contributed by atoms with Crippen molar-refractivity contribution in [3.05, 3.63) is 65.5 Å². The summed E-state index contributed by atoms with van der Waals surface area (Å²) in [6, 6.07) is 15.9. The second-order valence-electron chi connectivity index (χ2n) is 6.57. The average molecular weight is 333 g/mol. The standard InChI is InChI=1S/C20H19N3O2/c1-13-6-8-15(9-7-13)20-21-19(22-25-20)16-11-18(24)23(12-16)17-5-3-4-14(2)10-17/h3-10,16H,11-12H2,1-2H3. The normalized spacial score (nSPS) is 17.3. The van der Waals surface area contributed by atoms with Crippen LogP contribution < -0.4 is 4.90 Å². The molecule has 1 fully saturated rings. The van der Waals surface area contributed by atoms with E-state index in [0.29, 0.717) is 24.7 Å². The van der Waals surface area contributed by atoms with Gasteiger partial charge < -0.3 is 9.42 Å². The molecule has 0 spiro atoms. The summed E-state index contributed by atoms with van der Waals surface area (Å²) in [5.41, 5.74) is 4.13. The lowest BCUT2D eigenvalue weighted by Crippen LogP contribution is -2.24. The summed E-state index contributed by atoms with van der Waals surface area (Å²) in [7, 11) is 0. The smallest absolute Gasteiger partial charge is 0.257 e. The van der Waals surface area contributed by atoms with E-state index in [-0.39, 0.29) is 11.8 Å². The van der Waals surface area contributed by atoms with Gasteiger partial charge in [-0.15, -0.1) is 0 Å². The zero-order chi connectivity index (χ0) is 17.4. The molecule has 1 atom stereocenters. The molecule has 3 aromatic rings. The number of hydrogen-bond acceptors (Lipinski definition) is 4. The van der Waals surface area contributed by atoms with Crippen molar-refractivity contribution < 1.29 is 9.32 Å². The zero-order valence-electron chi connectivity index (χ0n) is 14.3. The van der Waals surface area contributed by atoms with Crippen molar-refractivity contribution >= 4 is 11.6 Å². The highest BCUT2D eigenvalue weighted by Gasteiger charge is 2.34. The van der Waals surface area contributed by atoms with Crippen LogP contribution in [-0.4, -0.2) is 22.6 Å². The zero-order valence-corrected chi connectivity index (χ0v) is 14.3. The summed E-state index contributed by atoms with van der Waals surface area (Å²) >= 11 is 0. The van der Waals surface area contributed by atoms with Gasteiger partial charge in [0.2, 0.25) is 5.91 Å². The largest absolute Gasteiger partial charge is 0.334 e. The molecule has 5 heteroatoms. The van der Waals surface area contributed by atoms with E-state index in [0.717, 1.165) is 16.8 Å². The van der Waals surface area contributed by atoms with Crippen LogP contribution in [0.5, 0.6) is 0 Å². The first kappa shape index (κ1) is 15.6. The SMILES string of the molecule is Cc1ccc(-c2nc(C3CC(=O)N(c4cccc(C)c4)C3)no2)cc1. The fourth-order valence-corrected chi connectivity index (χ4v) is 3.14. The third kappa shape index (κ3) is 3.05. The second-order valence-corrected chi connectivity index (χ2v) is 6.57. The number of anilines is 1. The molecule has 1 saturated heterocycles. The van der Waals surface area contributed by atoms with Crippen LogP contribution in [0.2, 0.25) is 0 Å². The Labute approximate surface area is 146 Å². The van der Waals surface area contributed by atoms with Gasteiger partial charge in [-0.25, -0.2) is 0 Å². The monoisotopic (exact) mass is 333 g/mol. The molecule has 0 N–H and O–H groups in total. The van der Waals surface area contributed by atoms with Crippen LogP contribution in [0, 0.1) is 13.8 Å². The van der Waals surface area contributed by atoms with E-state index < -0.39 is 0 Å². The molecule has 1 aliphatic heterocycles. The van der Waals surface area contributed by atoms with Crippen LogP contribution in [0.25, 0.3) is 11.5 Å². The summed E-state index contributed by atoms with van der Waals surface area (Å²) in [4.78, 5) is 18.7. The Morgan fingerprint density at radius 1 is 1.08 bits per heavy atom. The van der Waals surface area contributed by atoms with Gasteiger partial charge in [0.25, 0.3) is 5.89 Å². The van der Waals surface area contributed by atoms with Crippen LogP contribution in [0.4, 0.5) is 5.69 Å². The minimum absolute atomic E-state index is 0.0454. The lowest BCUT2D eigenvalue weighted by atomic mass is 10.1. The molecule has 0 saturated carbocycles. The number of carbonyl (C=O) groups is 1. The number of hydrogen-bond donors (Lipinski definition) is 0. The van der Waals surface area contributed by atoms with Crippen LogP contribution in [0.15, 0.2) is 53.1 Å². The fraction of sp³-hybridized carbons (Fsp3) is 0.250. The van der Waals surface area contributed by atoms with Crippen molar-refractivity contribution in [3.8, 4) is 11.5 Å². The van der Waals surface area contributed by atoms with Gasteiger partial charge >= 0.3 is 0 Å². The van der Waals surface area contributed by atoms with Gasteiger partial charge in [0, 0.05) is 30.1 Å². The third-order valence-electron chi connectivity index (χ3n) is 4.54. The Morgan fingerprint density at radius 2 is 1.88 bits per heavy atom. The molecule has 4 rings (SSSR count). The molecular formula is C20H19N3O2. The quantitative estimate of drug-likeness (QED) is 0.730. The van der Waals surface area contributed by atoms with E-state index in [4.69, 9.17) is 4.52 Å². The van der Waals surface area contributed by atoms with E-state index in [9.17, 15) is 4.79 Å². The highest BCUT2D eigenvalue weighted by molar-refractivity contribution is 5.96. The minimum Gasteiger partial charge on any atom is -0.334 e. The van der Waals surface area contributed by atoms with Gasteiger partial charge in [0.05, 0.1) is 0 Å². The summed E-state index contributed by atoms with van der Waals surface area (Å²) in [6.07, 6.45) is 0.404. The Bertz CT molecular complexity index is 915. The minimum atomic E-state index is -0.0454. The molecule has 1 unspecified atom stereocenters. The lowest BCUT2D eigenvalue weighted by Gasteiger charge is -2.16. The Hall–Kier alpha value is -2.95. The Balaban J connectivity index is 1.55. The highest BCUT2D eigenvalue weighted by Crippen LogP contribution is 2.31. The molecule has 2 heterocycles. The van der Waals surface area contributed by atoms with E-state index in [1.54, 1.807) is 4.90 Å². The number of rotatable bonds is 3. The maximum absolute atomic E-state index is 12.4. The Morgan fingerprint density at radius 3 is 2.64 bits per heavy atom. The Kier molecular flexibility index (Phi) is 3.84. The molecule has 1 aromatic heterocycles. The van der Waals surface area contributed by atoms with Crippen molar-refractivity contribution in [1.82, 2.24) is 10.1 Å². The third-order valence-corrected chi connectivity index (χ3v) is 4.54. The van der Waals surface area contributed by atoms with Crippen molar-refractivity contribution in [2.45, 2.75) is 26.2 Å². The second kappa shape index (κ2) is 6.16. The topological polar surface area (TPSA) is 59.2 Å². The van der Waals surface area contributed by atoms with Crippen molar-refractivity contribution in [1.29, 1.82) is 0 Å². The highest BCUT2D eigenvalue weighted by atomic mass is 16.5. The molecule has 2 aromatic carbocycles. The van der Waals surface area contributed by atoms with Gasteiger partial charge in [-0.3, -0.25) is 4.79 Å². The van der Waals surface area contributed by atoms with E-state index in [2.05, 4.69) is 10.1 Å². The summed E-state index contributed by atoms with van der Waals surface area (Å²) in [5, 5.41) is 4.11. The predicted molar refractivity (Wildman–Crippen MR) is 95.4 cm³/mol. The van der Waals surface area contributed by atoms with Crippen LogP contribution >= 0.6 is 0 Å². The maximum Gasteiger partial charge on any atom is 0.257 e. The van der Waals surface area contributed by atoms with E-state index in [1.165, 1.54) is 5.56 Å². The molecule has 25 heavy (non-hydrogen) atoms. The number of carbonyl (C=O) groups excluding carboxylic acids is 1. The predicted octanol–water partition coefficient (Wildman–Crippen LogP) is 3.87. The number of nitrogens with zero attached hydrogens (tertiary/aromatic N) is 3. The number of benzene rings is 2. The number of amides is 1. The van der Waals surface area contributed by atoms with Gasteiger partial charge in [-0.1, -0.05) is 35.0 Å². The maximum atomic E-state index is 12.4. The van der Waals surface area contributed by atoms with E-state index in [1.807, 2.05) is 62.4 Å². The molecule has 0 bridgehead atoms. The van der Waals surface area contributed by atoms with Crippen molar-refractivity contribution in [2.24, 2.45) is 0 Å². The van der Waals surface area contributed by atoms with E-state index >= 15 is 0 Å². The summed E-state index contributed by atoms with van der Waals surface area (Å²) in [5.74, 6) is 1.14. The number of aryl methyl sites for hydroxylation is 2. The molecular weight excluding hydrogens is 314 g/mol. The first-order chi connectivity index (χ1) is 12.1. The molecule has 126 valence electrons. The molecule has 0 aliphatic carbocycles.